The maximum absolute atomic E-state index is 5.95. The van der Waals surface area contributed by atoms with E-state index in [1.165, 1.54) is 0 Å². The fourth-order valence-corrected chi connectivity index (χ4v) is 1.77. The highest BCUT2D eigenvalue weighted by Gasteiger charge is 2.03. The molecular weight excluding hydrogens is 283 g/mol. The molecule has 0 atom stereocenters. The summed E-state index contributed by atoms with van der Waals surface area (Å²) in [4.78, 5) is 0. The molecule has 0 amide bonds. The molecule has 0 spiro atoms. The van der Waals surface area contributed by atoms with Crippen LogP contribution in [0.2, 0.25) is 10.0 Å². The first-order valence-corrected chi connectivity index (χ1v) is 6.25. The van der Waals surface area contributed by atoms with Crippen LogP contribution < -0.4 is 22.9 Å². The lowest BCUT2D eigenvalue weighted by Crippen LogP contribution is -2.08. The van der Waals surface area contributed by atoms with Gasteiger partial charge in [0, 0.05) is 6.67 Å². The van der Waals surface area contributed by atoms with E-state index in [9.17, 15) is 0 Å². The molecule has 0 bridgehead atoms. The average Bonchev–Trinajstić information content (AvgIpc) is 2.37. The van der Waals surface area contributed by atoms with E-state index in [0.717, 1.165) is 11.1 Å². The molecule has 2 aromatic carbocycles. The van der Waals surface area contributed by atoms with Crippen LogP contribution in [0.1, 0.15) is 0 Å². The number of nitrogen functional groups attached to an aromatic ring is 2. The number of hydrogen-bond donors (Lipinski definition) is 4. The van der Waals surface area contributed by atoms with E-state index in [-0.39, 0.29) is 6.67 Å². The summed E-state index contributed by atoms with van der Waals surface area (Å²) in [5.74, 6) is 0. The summed E-state index contributed by atoms with van der Waals surface area (Å²) < 4.78 is 0. The summed E-state index contributed by atoms with van der Waals surface area (Å²) >= 11 is 11.9. The fraction of sp³-hybridized carbons (Fsp3) is 0.0769. The summed E-state index contributed by atoms with van der Waals surface area (Å²) in [7, 11) is 0. The normalized spacial score (nSPS) is 9.68. The second-order valence-electron chi connectivity index (χ2n) is 3.71. The topological polar surface area (TPSA) is 104 Å². The minimum atomic E-state index is 0.250. The molecule has 0 fully saturated rings. The summed E-state index contributed by atoms with van der Waals surface area (Å²) in [6.07, 6.45) is 0. The van der Waals surface area contributed by atoms with Gasteiger partial charge in [-0.05, 0) is 35.4 Å². The smallest absolute Gasteiger partial charge is 0.0641 e. The average molecular weight is 299 g/mol. The van der Waals surface area contributed by atoms with Crippen molar-refractivity contribution in [1.82, 2.24) is 0 Å². The van der Waals surface area contributed by atoms with E-state index in [4.69, 9.17) is 34.7 Å². The Morgan fingerprint density at radius 3 is 1.32 bits per heavy atom. The minimum Gasteiger partial charge on any atom is -0.398 e. The van der Waals surface area contributed by atoms with Crippen LogP contribution in [0.25, 0.3) is 11.1 Å². The lowest BCUT2D eigenvalue weighted by atomic mass is 10.1. The molecule has 0 heterocycles. The largest absolute Gasteiger partial charge is 0.398 e. The zero-order valence-corrected chi connectivity index (χ0v) is 11.7. The summed E-state index contributed by atoms with van der Waals surface area (Å²) in [5, 5.41) is 1.07. The quantitative estimate of drug-likeness (QED) is 0.480. The molecule has 2 rings (SSSR count). The van der Waals surface area contributed by atoms with Gasteiger partial charge < -0.3 is 22.9 Å². The SMILES string of the molecule is NCN.Nc1ccc(-c2ccc(N)c(Cl)c2)cc1Cl. The third-order valence-corrected chi connectivity index (χ3v) is 2.99. The molecular formula is C13H16Cl2N4. The number of anilines is 2. The van der Waals surface area contributed by atoms with Crippen molar-refractivity contribution in [3.63, 3.8) is 0 Å². The number of benzene rings is 2. The summed E-state index contributed by atoms with van der Waals surface area (Å²) in [6.45, 7) is 0.250. The van der Waals surface area contributed by atoms with Gasteiger partial charge in [0.2, 0.25) is 0 Å². The van der Waals surface area contributed by atoms with Crippen molar-refractivity contribution in [3.8, 4) is 11.1 Å². The maximum Gasteiger partial charge on any atom is 0.0641 e. The molecule has 19 heavy (non-hydrogen) atoms. The summed E-state index contributed by atoms with van der Waals surface area (Å²) in [5.41, 5.74) is 23.6. The zero-order valence-electron chi connectivity index (χ0n) is 10.2. The van der Waals surface area contributed by atoms with Crippen molar-refractivity contribution < 1.29 is 0 Å². The van der Waals surface area contributed by atoms with E-state index < -0.39 is 0 Å². The van der Waals surface area contributed by atoms with Crippen molar-refractivity contribution in [2.45, 2.75) is 0 Å². The highest BCUT2D eigenvalue weighted by Crippen LogP contribution is 2.30. The van der Waals surface area contributed by atoms with Crippen LogP contribution in [0.15, 0.2) is 36.4 Å². The maximum atomic E-state index is 5.95. The highest BCUT2D eigenvalue weighted by atomic mass is 35.5. The van der Waals surface area contributed by atoms with Crippen molar-refractivity contribution in [1.29, 1.82) is 0 Å². The van der Waals surface area contributed by atoms with Gasteiger partial charge in [-0.3, -0.25) is 0 Å². The van der Waals surface area contributed by atoms with Crippen LogP contribution in [-0.4, -0.2) is 6.67 Å². The summed E-state index contributed by atoms with van der Waals surface area (Å²) in [6, 6.07) is 10.9. The Morgan fingerprint density at radius 2 is 1.05 bits per heavy atom. The second kappa shape index (κ2) is 7.21. The van der Waals surface area contributed by atoms with E-state index in [1.807, 2.05) is 12.1 Å². The molecule has 6 heteroatoms. The van der Waals surface area contributed by atoms with E-state index in [0.29, 0.717) is 21.4 Å². The molecule has 0 radical (unpaired) electrons. The highest BCUT2D eigenvalue weighted by molar-refractivity contribution is 6.34. The van der Waals surface area contributed by atoms with Crippen molar-refractivity contribution in [2.75, 3.05) is 18.1 Å². The predicted octanol–water partition coefficient (Wildman–Crippen LogP) is 2.69. The van der Waals surface area contributed by atoms with Crippen LogP contribution in [0, 0.1) is 0 Å². The van der Waals surface area contributed by atoms with Gasteiger partial charge in [-0.15, -0.1) is 0 Å². The Kier molecular flexibility index (Phi) is 5.92. The van der Waals surface area contributed by atoms with Gasteiger partial charge in [-0.25, -0.2) is 0 Å². The standard InChI is InChI=1S/C12H10Cl2N2.CH6N2/c13-9-5-7(1-3-11(9)15)8-2-4-12(16)10(14)6-8;2-1-3/h1-6H,15-16H2;1-3H2. The monoisotopic (exact) mass is 298 g/mol. The van der Waals surface area contributed by atoms with Crippen LogP contribution in [0.3, 0.4) is 0 Å². The van der Waals surface area contributed by atoms with Crippen molar-refractivity contribution >= 4 is 34.6 Å². The first-order valence-electron chi connectivity index (χ1n) is 5.50. The van der Waals surface area contributed by atoms with Gasteiger partial charge in [0.1, 0.15) is 0 Å². The van der Waals surface area contributed by atoms with Crippen LogP contribution in [0.4, 0.5) is 11.4 Å². The Labute approximate surface area is 122 Å². The van der Waals surface area contributed by atoms with Crippen molar-refractivity contribution in [2.24, 2.45) is 11.5 Å². The molecule has 102 valence electrons. The van der Waals surface area contributed by atoms with Gasteiger partial charge in [-0.1, -0.05) is 35.3 Å². The molecule has 0 aromatic heterocycles. The molecule has 0 aliphatic heterocycles. The van der Waals surface area contributed by atoms with Crippen LogP contribution >= 0.6 is 23.2 Å². The van der Waals surface area contributed by atoms with Crippen LogP contribution in [0.5, 0.6) is 0 Å². The third-order valence-electron chi connectivity index (χ3n) is 2.33. The molecule has 0 unspecified atom stereocenters. The fourth-order valence-electron chi connectivity index (χ4n) is 1.41. The van der Waals surface area contributed by atoms with Gasteiger partial charge >= 0.3 is 0 Å². The molecule has 0 saturated heterocycles. The first kappa shape index (κ1) is 15.6. The van der Waals surface area contributed by atoms with Gasteiger partial charge in [0.05, 0.1) is 21.4 Å². The van der Waals surface area contributed by atoms with E-state index in [1.54, 1.807) is 24.3 Å². The first-order chi connectivity index (χ1) is 8.99. The molecule has 4 nitrogen and oxygen atoms in total. The number of halogens is 2. The van der Waals surface area contributed by atoms with E-state index in [2.05, 4.69) is 11.5 Å². The number of rotatable bonds is 1. The molecule has 0 saturated carbocycles. The number of nitrogens with two attached hydrogens (primary N) is 4. The van der Waals surface area contributed by atoms with Gasteiger partial charge in [0.25, 0.3) is 0 Å². The third kappa shape index (κ3) is 4.29. The molecule has 2 aromatic rings. The lowest BCUT2D eigenvalue weighted by molar-refractivity contribution is 1.07. The van der Waals surface area contributed by atoms with Gasteiger partial charge in [-0.2, -0.15) is 0 Å². The Morgan fingerprint density at radius 1 is 0.737 bits per heavy atom. The van der Waals surface area contributed by atoms with Crippen LogP contribution in [-0.2, 0) is 0 Å². The second-order valence-corrected chi connectivity index (χ2v) is 4.52. The Hall–Kier alpha value is -1.46. The number of hydrogen-bond acceptors (Lipinski definition) is 4. The molecule has 0 aliphatic carbocycles. The molecule has 8 N–H and O–H groups in total. The van der Waals surface area contributed by atoms with E-state index >= 15 is 0 Å². The zero-order chi connectivity index (χ0) is 14.4. The van der Waals surface area contributed by atoms with Crippen molar-refractivity contribution in [3.05, 3.63) is 46.4 Å². The molecule has 0 aliphatic rings. The Balaban J connectivity index is 0.000000550. The lowest BCUT2D eigenvalue weighted by Gasteiger charge is -2.06. The predicted molar refractivity (Wildman–Crippen MR) is 84.0 cm³/mol. The van der Waals surface area contributed by atoms with Gasteiger partial charge in [0.15, 0.2) is 0 Å². The minimum absolute atomic E-state index is 0.250. The Bertz CT molecular complexity index is 509.